The summed E-state index contributed by atoms with van der Waals surface area (Å²) < 4.78 is 53.9. The lowest BCUT2D eigenvalue weighted by molar-refractivity contribution is -0.153. The van der Waals surface area contributed by atoms with E-state index in [-0.39, 0.29) is 17.5 Å². The van der Waals surface area contributed by atoms with E-state index in [1.54, 1.807) is 40.7 Å². The van der Waals surface area contributed by atoms with E-state index in [1.165, 1.54) is 10.6 Å². The van der Waals surface area contributed by atoms with E-state index >= 15 is 0 Å². The number of nitrogens with zero attached hydrogens (tertiary/aromatic N) is 5. The highest BCUT2D eigenvalue weighted by Crippen LogP contribution is 2.29. The van der Waals surface area contributed by atoms with Gasteiger partial charge in [0.2, 0.25) is 0 Å². The maximum atomic E-state index is 13.3. The molecule has 1 aliphatic rings. The quantitative estimate of drug-likeness (QED) is 0.520. The number of benzene rings is 1. The summed E-state index contributed by atoms with van der Waals surface area (Å²) in [6.45, 7) is 7.02. The van der Waals surface area contributed by atoms with Crippen molar-refractivity contribution in [3.8, 4) is 11.4 Å². The van der Waals surface area contributed by atoms with Crippen molar-refractivity contribution in [1.29, 1.82) is 0 Å². The van der Waals surface area contributed by atoms with E-state index in [2.05, 4.69) is 5.10 Å². The number of morpholine rings is 1. The maximum absolute atomic E-state index is 13.3. The van der Waals surface area contributed by atoms with Crippen LogP contribution in [0.3, 0.4) is 0 Å². The zero-order chi connectivity index (χ0) is 24.5. The standard InChI is InChI=1S/C23H28F3N5O3/c1-4-30-14-18(10-27-30)13-29-11-16(2)31(22(29)32)20-7-19(28-5-6-33-17(3)12-28)8-21(9-20)34-15-23(24,25)26/h7-11,14,17H,4-6,12-13,15H2,1-3H3/t17-/m1/s1. The number of anilines is 1. The number of imidazole rings is 1. The largest absolute Gasteiger partial charge is 0.484 e. The minimum Gasteiger partial charge on any atom is -0.484 e. The minimum absolute atomic E-state index is 0.0217. The summed E-state index contributed by atoms with van der Waals surface area (Å²) in [5.41, 5.74) is 2.36. The molecule has 3 heterocycles. The van der Waals surface area contributed by atoms with E-state index in [0.717, 1.165) is 12.1 Å². The Kier molecular flexibility index (Phi) is 6.74. The SMILES string of the molecule is CCn1cc(Cn2cc(C)n(-c3cc(OCC(F)(F)F)cc(N4CCO[C@H](C)C4)c3)c2=O)cn1. The zero-order valence-electron chi connectivity index (χ0n) is 19.4. The van der Waals surface area contributed by atoms with Gasteiger partial charge in [-0.05, 0) is 26.8 Å². The third-order valence-electron chi connectivity index (χ3n) is 5.64. The number of ether oxygens (including phenoxy) is 2. The average molecular weight is 480 g/mol. The van der Waals surface area contributed by atoms with Crippen LogP contribution in [-0.2, 0) is 17.8 Å². The molecule has 0 aliphatic carbocycles. The first-order valence-corrected chi connectivity index (χ1v) is 11.1. The lowest BCUT2D eigenvalue weighted by atomic mass is 10.2. The molecule has 1 aliphatic heterocycles. The fraction of sp³-hybridized carbons (Fsp3) is 0.478. The molecule has 1 aromatic carbocycles. The molecule has 11 heteroatoms. The number of hydrogen-bond acceptors (Lipinski definition) is 5. The molecule has 34 heavy (non-hydrogen) atoms. The first kappa shape index (κ1) is 23.9. The van der Waals surface area contributed by atoms with Crippen LogP contribution in [0.2, 0.25) is 0 Å². The van der Waals surface area contributed by atoms with Gasteiger partial charge in [-0.2, -0.15) is 18.3 Å². The molecule has 1 atom stereocenters. The van der Waals surface area contributed by atoms with Crippen LogP contribution in [0.25, 0.3) is 5.69 Å². The Labute approximate surface area is 195 Å². The summed E-state index contributed by atoms with van der Waals surface area (Å²) in [4.78, 5) is 15.3. The van der Waals surface area contributed by atoms with Gasteiger partial charge < -0.3 is 14.4 Å². The number of hydrogen-bond donors (Lipinski definition) is 0. The van der Waals surface area contributed by atoms with Gasteiger partial charge in [-0.1, -0.05) is 0 Å². The molecular weight excluding hydrogens is 451 g/mol. The summed E-state index contributed by atoms with van der Waals surface area (Å²) in [6.07, 6.45) is 0.828. The maximum Gasteiger partial charge on any atom is 0.422 e. The number of halogens is 3. The van der Waals surface area contributed by atoms with Gasteiger partial charge in [-0.25, -0.2) is 4.79 Å². The molecule has 0 saturated carbocycles. The molecule has 3 aromatic rings. The van der Waals surface area contributed by atoms with Crippen LogP contribution in [0, 0.1) is 6.92 Å². The van der Waals surface area contributed by atoms with Crippen LogP contribution in [0.4, 0.5) is 18.9 Å². The molecule has 2 aromatic heterocycles. The highest BCUT2D eigenvalue weighted by atomic mass is 19.4. The molecular formula is C23H28F3N5O3. The highest BCUT2D eigenvalue weighted by molar-refractivity contribution is 5.58. The van der Waals surface area contributed by atoms with Crippen molar-refractivity contribution in [2.24, 2.45) is 0 Å². The lowest BCUT2D eigenvalue weighted by Crippen LogP contribution is -2.41. The fourth-order valence-electron chi connectivity index (χ4n) is 4.08. The fourth-order valence-corrected chi connectivity index (χ4v) is 4.08. The van der Waals surface area contributed by atoms with Gasteiger partial charge in [0, 0.05) is 61.1 Å². The average Bonchev–Trinajstić information content (AvgIpc) is 3.35. The number of aryl methyl sites for hydroxylation is 2. The highest BCUT2D eigenvalue weighted by Gasteiger charge is 2.29. The van der Waals surface area contributed by atoms with Crippen molar-refractivity contribution in [3.05, 3.63) is 58.5 Å². The third-order valence-corrected chi connectivity index (χ3v) is 5.64. The number of rotatable bonds is 7. The predicted octanol–water partition coefficient (Wildman–Crippen LogP) is 3.38. The Hall–Kier alpha value is -3.21. The van der Waals surface area contributed by atoms with Gasteiger partial charge >= 0.3 is 11.9 Å². The topological polar surface area (TPSA) is 66.4 Å². The Morgan fingerprint density at radius 3 is 2.65 bits per heavy atom. The van der Waals surface area contributed by atoms with Gasteiger partial charge in [0.05, 0.1) is 31.1 Å². The molecule has 184 valence electrons. The monoisotopic (exact) mass is 479 g/mol. The summed E-state index contributed by atoms with van der Waals surface area (Å²) >= 11 is 0. The van der Waals surface area contributed by atoms with Crippen LogP contribution in [0.15, 0.2) is 41.6 Å². The first-order chi connectivity index (χ1) is 16.1. The van der Waals surface area contributed by atoms with Crippen LogP contribution in [-0.4, -0.2) is 57.5 Å². The second-order valence-electron chi connectivity index (χ2n) is 8.44. The summed E-state index contributed by atoms with van der Waals surface area (Å²) in [5, 5.41) is 4.24. The van der Waals surface area contributed by atoms with Crippen LogP contribution in [0.5, 0.6) is 5.75 Å². The van der Waals surface area contributed by atoms with E-state index in [4.69, 9.17) is 9.47 Å². The molecule has 0 radical (unpaired) electrons. The summed E-state index contributed by atoms with van der Waals surface area (Å²) in [5.74, 6) is 0.0484. The van der Waals surface area contributed by atoms with Gasteiger partial charge in [-0.3, -0.25) is 13.8 Å². The third kappa shape index (κ3) is 5.46. The van der Waals surface area contributed by atoms with E-state index in [9.17, 15) is 18.0 Å². The second kappa shape index (κ2) is 9.57. The van der Waals surface area contributed by atoms with Crippen molar-refractivity contribution in [3.63, 3.8) is 0 Å². The van der Waals surface area contributed by atoms with E-state index in [0.29, 0.717) is 43.3 Å². The Morgan fingerprint density at radius 2 is 1.97 bits per heavy atom. The van der Waals surface area contributed by atoms with Crippen molar-refractivity contribution in [1.82, 2.24) is 18.9 Å². The first-order valence-electron chi connectivity index (χ1n) is 11.1. The van der Waals surface area contributed by atoms with E-state index < -0.39 is 12.8 Å². The lowest BCUT2D eigenvalue weighted by Gasteiger charge is -2.33. The normalized spacial score (nSPS) is 16.8. The summed E-state index contributed by atoms with van der Waals surface area (Å²) in [7, 11) is 0. The molecule has 0 amide bonds. The Morgan fingerprint density at radius 1 is 1.21 bits per heavy atom. The zero-order valence-corrected chi connectivity index (χ0v) is 19.4. The van der Waals surface area contributed by atoms with Crippen molar-refractivity contribution in [2.45, 2.75) is 46.1 Å². The molecule has 0 bridgehead atoms. The molecule has 0 spiro atoms. The van der Waals surface area contributed by atoms with Crippen LogP contribution < -0.4 is 15.3 Å². The molecule has 4 rings (SSSR count). The van der Waals surface area contributed by atoms with Crippen molar-refractivity contribution in [2.75, 3.05) is 31.2 Å². The molecule has 1 fully saturated rings. The molecule has 8 nitrogen and oxygen atoms in total. The van der Waals surface area contributed by atoms with Gasteiger partial charge in [0.25, 0.3) is 0 Å². The number of aromatic nitrogens is 4. The second-order valence-corrected chi connectivity index (χ2v) is 8.44. The van der Waals surface area contributed by atoms with Crippen molar-refractivity contribution < 1.29 is 22.6 Å². The molecule has 0 N–H and O–H groups in total. The molecule has 1 saturated heterocycles. The number of alkyl halides is 3. The van der Waals surface area contributed by atoms with Crippen molar-refractivity contribution >= 4 is 5.69 Å². The minimum atomic E-state index is -4.47. The Balaban J connectivity index is 1.71. The van der Waals surface area contributed by atoms with Crippen LogP contribution >= 0.6 is 0 Å². The smallest absolute Gasteiger partial charge is 0.422 e. The van der Waals surface area contributed by atoms with Crippen LogP contribution in [0.1, 0.15) is 25.1 Å². The van der Waals surface area contributed by atoms with E-state index in [1.807, 2.05) is 24.9 Å². The van der Waals surface area contributed by atoms with Gasteiger partial charge in [0.1, 0.15) is 5.75 Å². The Bertz CT molecular complexity index is 1200. The van der Waals surface area contributed by atoms with Gasteiger partial charge in [0.15, 0.2) is 6.61 Å². The molecule has 0 unspecified atom stereocenters. The van der Waals surface area contributed by atoms with Gasteiger partial charge in [-0.15, -0.1) is 0 Å². The summed E-state index contributed by atoms with van der Waals surface area (Å²) in [6, 6.07) is 4.84. The predicted molar refractivity (Wildman–Crippen MR) is 121 cm³/mol.